The van der Waals surface area contributed by atoms with E-state index >= 15 is 0 Å². The summed E-state index contributed by atoms with van der Waals surface area (Å²) >= 11 is 0. The van der Waals surface area contributed by atoms with E-state index in [2.05, 4.69) is 36.1 Å². The third-order valence-electron chi connectivity index (χ3n) is 4.43. The normalized spacial score (nSPS) is 29.6. The van der Waals surface area contributed by atoms with Crippen LogP contribution in [0.15, 0.2) is 24.3 Å². The molecule has 86 valence electrons. The van der Waals surface area contributed by atoms with Gasteiger partial charge in [-0.2, -0.15) is 0 Å². The van der Waals surface area contributed by atoms with Crippen molar-refractivity contribution < 1.29 is 0 Å². The number of nitrogens with zero attached hydrogens (tertiary/aromatic N) is 1. The largest absolute Gasteiger partial charge is 0.296 e. The van der Waals surface area contributed by atoms with Gasteiger partial charge in [-0.1, -0.05) is 44.0 Å². The van der Waals surface area contributed by atoms with Crippen LogP contribution in [0.1, 0.15) is 49.7 Å². The van der Waals surface area contributed by atoms with Gasteiger partial charge in [0.05, 0.1) is 0 Å². The number of rotatable bonds is 1. The minimum Gasteiger partial charge on any atom is -0.296 e. The lowest BCUT2D eigenvalue weighted by atomic mass is 9.75. The Morgan fingerprint density at radius 3 is 2.88 bits per heavy atom. The Kier molecular flexibility index (Phi) is 2.72. The monoisotopic (exact) mass is 215 g/mol. The Bertz CT molecular complexity index is 371. The number of fused-ring (bicyclic) bond motifs is 3. The maximum atomic E-state index is 2.69. The van der Waals surface area contributed by atoms with Crippen LogP contribution in [-0.4, -0.2) is 17.5 Å². The van der Waals surface area contributed by atoms with Crippen LogP contribution in [0.3, 0.4) is 0 Å². The molecule has 3 rings (SSSR count). The van der Waals surface area contributed by atoms with E-state index in [-0.39, 0.29) is 0 Å². The first-order valence-electron chi connectivity index (χ1n) is 6.72. The van der Waals surface area contributed by atoms with Gasteiger partial charge < -0.3 is 0 Å². The molecule has 2 atom stereocenters. The first-order chi connectivity index (χ1) is 7.90. The molecule has 1 heterocycles. The van der Waals surface area contributed by atoms with Crippen LogP contribution < -0.4 is 0 Å². The van der Waals surface area contributed by atoms with Crippen molar-refractivity contribution in [2.24, 2.45) is 0 Å². The van der Waals surface area contributed by atoms with Crippen LogP contribution in [0, 0.1) is 0 Å². The van der Waals surface area contributed by atoms with E-state index in [0.717, 1.165) is 12.0 Å². The van der Waals surface area contributed by atoms with Gasteiger partial charge in [0, 0.05) is 12.6 Å². The summed E-state index contributed by atoms with van der Waals surface area (Å²) in [5, 5.41) is 0. The van der Waals surface area contributed by atoms with Crippen molar-refractivity contribution in [2.75, 3.05) is 6.54 Å². The molecule has 0 aromatic heterocycles. The van der Waals surface area contributed by atoms with Crippen molar-refractivity contribution in [3.63, 3.8) is 0 Å². The summed E-state index contributed by atoms with van der Waals surface area (Å²) in [6.45, 7) is 4.68. The summed E-state index contributed by atoms with van der Waals surface area (Å²) in [5.41, 5.74) is 3.23. The van der Waals surface area contributed by atoms with E-state index in [1.54, 1.807) is 11.1 Å². The zero-order valence-corrected chi connectivity index (χ0v) is 10.2. The van der Waals surface area contributed by atoms with Crippen molar-refractivity contribution in [1.82, 2.24) is 4.90 Å². The zero-order valence-electron chi connectivity index (χ0n) is 10.2. The molecule has 0 saturated heterocycles. The molecule has 0 radical (unpaired) electrons. The minimum absolute atomic E-state index is 0.818. The minimum atomic E-state index is 0.818. The van der Waals surface area contributed by atoms with E-state index in [1.807, 2.05) is 0 Å². The number of benzene rings is 1. The molecule has 1 aliphatic carbocycles. The third-order valence-corrected chi connectivity index (χ3v) is 4.43. The van der Waals surface area contributed by atoms with Crippen LogP contribution in [0.25, 0.3) is 0 Å². The van der Waals surface area contributed by atoms with Gasteiger partial charge in [-0.15, -0.1) is 0 Å². The Balaban J connectivity index is 2.00. The second-order valence-corrected chi connectivity index (χ2v) is 5.22. The second kappa shape index (κ2) is 4.21. The van der Waals surface area contributed by atoms with Gasteiger partial charge in [0.25, 0.3) is 0 Å². The highest BCUT2D eigenvalue weighted by Gasteiger charge is 2.35. The summed E-state index contributed by atoms with van der Waals surface area (Å²) in [4.78, 5) is 2.69. The molecule has 0 spiro atoms. The van der Waals surface area contributed by atoms with Crippen LogP contribution in [0.5, 0.6) is 0 Å². The Morgan fingerprint density at radius 1 is 1.19 bits per heavy atom. The predicted molar refractivity (Wildman–Crippen MR) is 67.5 cm³/mol. The standard InChI is InChI=1S/C15H21N/c1-2-16-11-12-7-3-4-8-13(12)14-9-5-6-10-15(14)16/h3-4,7-8,14-15H,2,5-6,9-11H2,1H3/t14-,15-/m1/s1. The molecule has 1 nitrogen and oxygen atoms in total. The van der Waals surface area contributed by atoms with Crippen LogP contribution in [-0.2, 0) is 6.54 Å². The maximum Gasteiger partial charge on any atom is 0.0239 e. The molecular weight excluding hydrogens is 194 g/mol. The average Bonchev–Trinajstić information content (AvgIpc) is 2.38. The van der Waals surface area contributed by atoms with E-state index in [4.69, 9.17) is 0 Å². The SMILES string of the molecule is CCN1Cc2ccccc2[C@H]2CCCC[C@H]21. The first kappa shape index (κ1) is 10.3. The van der Waals surface area contributed by atoms with Crippen LogP contribution in [0.4, 0.5) is 0 Å². The van der Waals surface area contributed by atoms with Gasteiger partial charge in [-0.05, 0) is 36.4 Å². The van der Waals surface area contributed by atoms with E-state index < -0.39 is 0 Å². The molecule has 0 bridgehead atoms. The quantitative estimate of drug-likeness (QED) is 0.692. The van der Waals surface area contributed by atoms with Gasteiger partial charge >= 0.3 is 0 Å². The Hall–Kier alpha value is -0.820. The Morgan fingerprint density at radius 2 is 2.00 bits per heavy atom. The van der Waals surface area contributed by atoms with Gasteiger partial charge in [0.2, 0.25) is 0 Å². The highest BCUT2D eigenvalue weighted by atomic mass is 15.2. The lowest BCUT2D eigenvalue weighted by Crippen LogP contribution is -2.44. The van der Waals surface area contributed by atoms with Gasteiger partial charge in [-0.3, -0.25) is 4.90 Å². The smallest absolute Gasteiger partial charge is 0.0239 e. The molecule has 1 aromatic rings. The summed E-state index contributed by atoms with van der Waals surface area (Å²) in [5.74, 6) is 0.818. The molecule has 1 aliphatic heterocycles. The highest BCUT2D eigenvalue weighted by molar-refractivity contribution is 5.34. The summed E-state index contributed by atoms with van der Waals surface area (Å²) in [7, 11) is 0. The summed E-state index contributed by atoms with van der Waals surface area (Å²) in [6, 6.07) is 9.92. The topological polar surface area (TPSA) is 3.24 Å². The molecule has 1 heteroatoms. The lowest BCUT2D eigenvalue weighted by molar-refractivity contribution is 0.119. The van der Waals surface area contributed by atoms with Crippen molar-refractivity contribution >= 4 is 0 Å². The molecular formula is C15H21N. The first-order valence-corrected chi connectivity index (χ1v) is 6.72. The number of likely N-dealkylation sites (N-methyl/N-ethyl adjacent to an activating group) is 1. The van der Waals surface area contributed by atoms with Crippen LogP contribution >= 0.6 is 0 Å². The number of hydrogen-bond donors (Lipinski definition) is 0. The zero-order chi connectivity index (χ0) is 11.0. The van der Waals surface area contributed by atoms with Crippen molar-refractivity contribution in [1.29, 1.82) is 0 Å². The molecule has 0 unspecified atom stereocenters. The fourth-order valence-electron chi connectivity index (χ4n) is 3.63. The molecule has 16 heavy (non-hydrogen) atoms. The van der Waals surface area contributed by atoms with E-state index in [1.165, 1.54) is 38.8 Å². The van der Waals surface area contributed by atoms with Gasteiger partial charge in [0.1, 0.15) is 0 Å². The molecule has 1 aromatic carbocycles. The third kappa shape index (κ3) is 1.58. The summed E-state index contributed by atoms with van der Waals surface area (Å²) < 4.78 is 0. The van der Waals surface area contributed by atoms with E-state index in [0.29, 0.717) is 0 Å². The van der Waals surface area contributed by atoms with Crippen LogP contribution in [0.2, 0.25) is 0 Å². The lowest BCUT2D eigenvalue weighted by Gasteiger charge is -2.44. The van der Waals surface area contributed by atoms with Crippen molar-refractivity contribution in [3.8, 4) is 0 Å². The molecule has 2 aliphatic rings. The average molecular weight is 215 g/mol. The van der Waals surface area contributed by atoms with E-state index in [9.17, 15) is 0 Å². The fourth-order valence-corrected chi connectivity index (χ4v) is 3.63. The molecule has 0 N–H and O–H groups in total. The van der Waals surface area contributed by atoms with Crippen molar-refractivity contribution in [3.05, 3.63) is 35.4 Å². The fraction of sp³-hybridized carbons (Fsp3) is 0.600. The second-order valence-electron chi connectivity index (χ2n) is 5.22. The predicted octanol–water partition coefficient (Wildman–Crippen LogP) is 3.55. The molecule has 1 saturated carbocycles. The van der Waals surface area contributed by atoms with Gasteiger partial charge in [0.15, 0.2) is 0 Å². The molecule has 0 amide bonds. The number of hydrogen-bond acceptors (Lipinski definition) is 1. The molecule has 1 fully saturated rings. The summed E-state index contributed by atoms with van der Waals surface area (Å²) in [6.07, 6.45) is 5.66. The Labute approximate surface area is 98.5 Å². The maximum absolute atomic E-state index is 2.69. The highest BCUT2D eigenvalue weighted by Crippen LogP contribution is 2.41. The van der Waals surface area contributed by atoms with Gasteiger partial charge in [-0.25, -0.2) is 0 Å². The van der Waals surface area contributed by atoms with Crippen molar-refractivity contribution in [2.45, 2.75) is 51.1 Å².